The number of hydrogen-bond donors (Lipinski definition) is 0. The van der Waals surface area contributed by atoms with Gasteiger partial charge >= 0.3 is 6.18 Å². The lowest BCUT2D eigenvalue weighted by Gasteiger charge is -2.09. The molecule has 17 heavy (non-hydrogen) atoms. The Labute approximate surface area is 108 Å². The fraction of sp³-hybridized carbons (Fsp3) is 0.100. The molecule has 1 aromatic carbocycles. The summed E-state index contributed by atoms with van der Waals surface area (Å²) in [6.45, 7) is 0. The van der Waals surface area contributed by atoms with Crippen molar-refractivity contribution in [3.8, 4) is 5.69 Å². The zero-order chi connectivity index (χ0) is 12.6. The summed E-state index contributed by atoms with van der Waals surface area (Å²) in [7, 11) is 0. The molecule has 7 heteroatoms. The second-order valence-electron chi connectivity index (χ2n) is 3.27. The van der Waals surface area contributed by atoms with Gasteiger partial charge in [0.2, 0.25) is 0 Å². The molecule has 2 rings (SSSR count). The van der Waals surface area contributed by atoms with Crippen LogP contribution >= 0.6 is 27.5 Å². The van der Waals surface area contributed by atoms with Crippen molar-refractivity contribution in [3.63, 3.8) is 0 Å². The summed E-state index contributed by atoms with van der Waals surface area (Å²) in [5, 5.41) is 4.33. The van der Waals surface area contributed by atoms with Crippen LogP contribution in [0.4, 0.5) is 13.2 Å². The Morgan fingerprint density at radius 3 is 2.47 bits per heavy atom. The molecule has 1 aromatic heterocycles. The SMILES string of the molecule is FC(F)(F)c1ccc(-n2cc(Cl)cn2)c(Br)c1. The van der Waals surface area contributed by atoms with Crippen LogP contribution in [0.15, 0.2) is 35.1 Å². The first-order valence-corrected chi connectivity index (χ1v) is 5.62. The van der Waals surface area contributed by atoms with E-state index in [0.717, 1.165) is 12.1 Å². The average Bonchev–Trinajstić information content (AvgIpc) is 2.63. The molecule has 0 amide bonds. The summed E-state index contributed by atoms with van der Waals surface area (Å²) in [4.78, 5) is 0. The van der Waals surface area contributed by atoms with Crippen LogP contribution in [-0.2, 0) is 6.18 Å². The standard InChI is InChI=1S/C10H5BrClF3N2/c11-8-3-6(10(13,14)15)1-2-9(8)17-5-7(12)4-16-17/h1-5H. The Balaban J connectivity index is 2.45. The number of alkyl halides is 3. The Morgan fingerprint density at radius 2 is 2.00 bits per heavy atom. The van der Waals surface area contributed by atoms with Crippen LogP contribution in [0.5, 0.6) is 0 Å². The molecule has 0 saturated heterocycles. The average molecular weight is 326 g/mol. The van der Waals surface area contributed by atoms with Gasteiger partial charge in [-0.3, -0.25) is 0 Å². The Kier molecular flexibility index (Phi) is 3.18. The van der Waals surface area contributed by atoms with Gasteiger partial charge in [-0.25, -0.2) is 4.68 Å². The zero-order valence-electron chi connectivity index (χ0n) is 8.17. The number of aromatic nitrogens is 2. The highest BCUT2D eigenvalue weighted by Gasteiger charge is 2.30. The summed E-state index contributed by atoms with van der Waals surface area (Å²) in [6.07, 6.45) is -1.44. The van der Waals surface area contributed by atoms with Crippen molar-refractivity contribution in [2.75, 3.05) is 0 Å². The van der Waals surface area contributed by atoms with E-state index in [1.54, 1.807) is 0 Å². The van der Waals surface area contributed by atoms with Gasteiger partial charge in [0, 0.05) is 10.7 Å². The molecular formula is C10H5BrClF3N2. The number of rotatable bonds is 1. The molecule has 0 aliphatic carbocycles. The lowest BCUT2D eigenvalue weighted by molar-refractivity contribution is -0.137. The summed E-state index contributed by atoms with van der Waals surface area (Å²) in [6, 6.07) is 3.33. The Bertz CT molecular complexity index is 551. The maximum Gasteiger partial charge on any atom is 0.416 e. The number of benzene rings is 1. The molecule has 0 unspecified atom stereocenters. The van der Waals surface area contributed by atoms with Crippen molar-refractivity contribution < 1.29 is 13.2 Å². The highest BCUT2D eigenvalue weighted by molar-refractivity contribution is 9.10. The van der Waals surface area contributed by atoms with E-state index < -0.39 is 11.7 Å². The number of halogens is 5. The molecule has 0 fully saturated rings. The van der Waals surface area contributed by atoms with Crippen LogP contribution in [0, 0.1) is 0 Å². The van der Waals surface area contributed by atoms with Crippen molar-refractivity contribution in [2.24, 2.45) is 0 Å². The largest absolute Gasteiger partial charge is 0.416 e. The molecule has 90 valence electrons. The van der Waals surface area contributed by atoms with Gasteiger partial charge in [0.05, 0.1) is 22.5 Å². The van der Waals surface area contributed by atoms with E-state index in [4.69, 9.17) is 11.6 Å². The predicted molar refractivity (Wildman–Crippen MR) is 61.3 cm³/mol. The van der Waals surface area contributed by atoms with Crippen LogP contribution in [-0.4, -0.2) is 9.78 Å². The minimum absolute atomic E-state index is 0.298. The van der Waals surface area contributed by atoms with Crippen LogP contribution < -0.4 is 0 Å². The maximum atomic E-state index is 12.4. The Hall–Kier alpha value is -1.01. The van der Waals surface area contributed by atoms with E-state index in [1.807, 2.05) is 0 Å². The minimum Gasteiger partial charge on any atom is -0.238 e. The predicted octanol–water partition coefficient (Wildman–Crippen LogP) is 4.31. The van der Waals surface area contributed by atoms with E-state index in [2.05, 4.69) is 21.0 Å². The third-order valence-corrected chi connectivity index (χ3v) is 2.90. The first-order chi connectivity index (χ1) is 7.88. The molecule has 1 heterocycles. The molecular weight excluding hydrogens is 320 g/mol. The van der Waals surface area contributed by atoms with Crippen molar-refractivity contribution >= 4 is 27.5 Å². The van der Waals surface area contributed by atoms with Gasteiger partial charge < -0.3 is 0 Å². The topological polar surface area (TPSA) is 17.8 Å². The van der Waals surface area contributed by atoms with Crippen molar-refractivity contribution in [1.29, 1.82) is 0 Å². The molecule has 2 nitrogen and oxygen atoms in total. The smallest absolute Gasteiger partial charge is 0.238 e. The number of nitrogens with zero attached hydrogens (tertiary/aromatic N) is 2. The summed E-state index contributed by atoms with van der Waals surface area (Å²) < 4.78 is 39.0. The van der Waals surface area contributed by atoms with Crippen molar-refractivity contribution in [3.05, 3.63) is 45.7 Å². The first-order valence-electron chi connectivity index (χ1n) is 4.45. The lowest BCUT2D eigenvalue weighted by Crippen LogP contribution is -2.06. The molecule has 0 spiro atoms. The summed E-state index contributed by atoms with van der Waals surface area (Å²) in [5.74, 6) is 0. The minimum atomic E-state index is -4.36. The molecule has 0 saturated carbocycles. The van der Waals surface area contributed by atoms with E-state index in [1.165, 1.54) is 23.1 Å². The van der Waals surface area contributed by atoms with Gasteiger partial charge in [-0.05, 0) is 34.1 Å². The summed E-state index contributed by atoms with van der Waals surface area (Å²) >= 11 is 8.77. The molecule has 0 bridgehead atoms. The number of hydrogen-bond acceptors (Lipinski definition) is 1. The van der Waals surface area contributed by atoms with Crippen molar-refractivity contribution in [2.45, 2.75) is 6.18 Å². The lowest BCUT2D eigenvalue weighted by atomic mass is 10.2. The third-order valence-electron chi connectivity index (χ3n) is 2.07. The van der Waals surface area contributed by atoms with Crippen molar-refractivity contribution in [1.82, 2.24) is 9.78 Å². The van der Waals surface area contributed by atoms with Crippen LogP contribution in [0.3, 0.4) is 0 Å². The van der Waals surface area contributed by atoms with Crippen LogP contribution in [0.1, 0.15) is 5.56 Å². The fourth-order valence-electron chi connectivity index (χ4n) is 1.30. The van der Waals surface area contributed by atoms with Gasteiger partial charge in [0.1, 0.15) is 0 Å². The van der Waals surface area contributed by atoms with Gasteiger partial charge in [-0.15, -0.1) is 0 Å². The molecule has 0 N–H and O–H groups in total. The van der Waals surface area contributed by atoms with E-state index >= 15 is 0 Å². The summed E-state index contributed by atoms with van der Waals surface area (Å²) in [5.41, 5.74) is -0.226. The molecule has 0 aliphatic heterocycles. The monoisotopic (exact) mass is 324 g/mol. The van der Waals surface area contributed by atoms with E-state index in [-0.39, 0.29) is 0 Å². The van der Waals surface area contributed by atoms with Crippen LogP contribution in [0.25, 0.3) is 5.69 Å². The maximum absolute atomic E-state index is 12.4. The quantitative estimate of drug-likeness (QED) is 0.764. The molecule has 2 aromatic rings. The van der Waals surface area contributed by atoms with E-state index in [9.17, 15) is 13.2 Å². The van der Waals surface area contributed by atoms with Crippen LogP contribution in [0.2, 0.25) is 5.02 Å². The first kappa shape index (κ1) is 12.4. The van der Waals surface area contributed by atoms with Gasteiger partial charge in [0.15, 0.2) is 0 Å². The van der Waals surface area contributed by atoms with Gasteiger partial charge in [0.25, 0.3) is 0 Å². The highest BCUT2D eigenvalue weighted by Crippen LogP contribution is 2.33. The van der Waals surface area contributed by atoms with Gasteiger partial charge in [-0.2, -0.15) is 18.3 Å². The molecule has 0 radical (unpaired) electrons. The zero-order valence-corrected chi connectivity index (χ0v) is 10.5. The fourth-order valence-corrected chi connectivity index (χ4v) is 2.00. The molecule has 0 aliphatic rings. The third kappa shape index (κ3) is 2.63. The van der Waals surface area contributed by atoms with E-state index in [0.29, 0.717) is 15.2 Å². The normalized spacial score (nSPS) is 11.8. The second-order valence-corrected chi connectivity index (χ2v) is 4.56. The Morgan fingerprint density at radius 1 is 1.29 bits per heavy atom. The van der Waals surface area contributed by atoms with Gasteiger partial charge in [-0.1, -0.05) is 11.6 Å². The molecule has 0 atom stereocenters. The highest BCUT2D eigenvalue weighted by atomic mass is 79.9. The second kappa shape index (κ2) is 4.34.